The minimum atomic E-state index is -0.0535. The zero-order valence-corrected chi connectivity index (χ0v) is 15.1. The molecule has 1 aromatic rings. The first kappa shape index (κ1) is 16.0. The van der Waals surface area contributed by atoms with Crippen LogP contribution in [-0.2, 0) is 9.47 Å². The van der Waals surface area contributed by atoms with Crippen LogP contribution in [0.15, 0.2) is 18.2 Å². The lowest BCUT2D eigenvalue weighted by molar-refractivity contribution is -0.103. The van der Waals surface area contributed by atoms with Gasteiger partial charge in [0.1, 0.15) is 0 Å². The maximum atomic E-state index is 6.20. The van der Waals surface area contributed by atoms with Crippen LogP contribution in [0.5, 0.6) is 0 Å². The molecule has 2 heterocycles. The van der Waals surface area contributed by atoms with Crippen LogP contribution in [0, 0.1) is 9.49 Å². The van der Waals surface area contributed by atoms with E-state index in [0.29, 0.717) is 12.0 Å². The molecule has 21 heavy (non-hydrogen) atoms. The summed E-state index contributed by atoms with van der Waals surface area (Å²) in [6, 6.07) is 6.46. The molecule has 116 valence electrons. The van der Waals surface area contributed by atoms with Crippen molar-refractivity contribution >= 4 is 34.2 Å². The molecule has 2 saturated heterocycles. The molecule has 0 bridgehead atoms. The van der Waals surface area contributed by atoms with Crippen LogP contribution < -0.4 is 5.32 Å². The lowest BCUT2D eigenvalue weighted by Crippen LogP contribution is -2.43. The Hall–Kier alpha value is 0.120. The summed E-state index contributed by atoms with van der Waals surface area (Å²) < 4.78 is 12.9. The highest BCUT2D eigenvalue weighted by Gasteiger charge is 2.43. The minimum Gasteiger partial charge on any atom is -0.378 e. The van der Waals surface area contributed by atoms with Gasteiger partial charge >= 0.3 is 0 Å². The van der Waals surface area contributed by atoms with E-state index in [-0.39, 0.29) is 5.60 Å². The molecule has 0 aliphatic carbocycles. The first-order chi connectivity index (χ1) is 10.1. The van der Waals surface area contributed by atoms with Gasteiger partial charge in [0.05, 0.1) is 12.2 Å². The van der Waals surface area contributed by atoms with Crippen molar-refractivity contribution in [2.45, 2.75) is 30.9 Å². The van der Waals surface area contributed by atoms with Crippen LogP contribution in [0.25, 0.3) is 0 Å². The molecule has 2 aliphatic rings. The fourth-order valence-electron chi connectivity index (χ4n) is 3.61. The lowest BCUT2D eigenvalue weighted by Gasteiger charge is -2.40. The fraction of sp³-hybridized carbons (Fsp3) is 0.625. The van der Waals surface area contributed by atoms with E-state index in [1.165, 1.54) is 9.13 Å². The minimum absolute atomic E-state index is 0.0535. The molecule has 2 fully saturated rings. The Morgan fingerprint density at radius 1 is 1.43 bits per heavy atom. The van der Waals surface area contributed by atoms with E-state index in [0.717, 1.165) is 44.1 Å². The van der Waals surface area contributed by atoms with E-state index in [1.54, 1.807) is 0 Å². The molecule has 0 saturated carbocycles. The zero-order valence-electron chi connectivity index (χ0n) is 12.2. The van der Waals surface area contributed by atoms with Gasteiger partial charge in [-0.3, -0.25) is 0 Å². The third-order valence-corrected chi connectivity index (χ3v) is 5.89. The molecule has 0 radical (unpaired) electrons. The van der Waals surface area contributed by atoms with Crippen LogP contribution in [0.4, 0.5) is 0 Å². The molecular formula is C16H21ClINO2. The summed E-state index contributed by atoms with van der Waals surface area (Å²) in [4.78, 5) is 0. The molecule has 5 heteroatoms. The van der Waals surface area contributed by atoms with Gasteiger partial charge in [-0.2, -0.15) is 0 Å². The first-order valence-electron chi connectivity index (χ1n) is 7.47. The van der Waals surface area contributed by atoms with Crippen LogP contribution in [0.3, 0.4) is 0 Å². The van der Waals surface area contributed by atoms with Crippen LogP contribution in [0.1, 0.15) is 30.9 Å². The van der Waals surface area contributed by atoms with Crippen molar-refractivity contribution < 1.29 is 9.47 Å². The van der Waals surface area contributed by atoms with Crippen LogP contribution in [-0.4, -0.2) is 32.5 Å². The number of halogens is 2. The molecule has 0 amide bonds. The molecule has 3 rings (SSSR count). The van der Waals surface area contributed by atoms with E-state index in [2.05, 4.69) is 40.0 Å². The van der Waals surface area contributed by atoms with Gasteiger partial charge in [-0.25, -0.2) is 0 Å². The number of benzene rings is 1. The normalized spacial score (nSPS) is 30.7. The highest BCUT2D eigenvalue weighted by Crippen LogP contribution is 2.42. The van der Waals surface area contributed by atoms with Crippen LogP contribution >= 0.6 is 34.2 Å². The smallest absolute Gasteiger partial charge is 0.0940 e. The van der Waals surface area contributed by atoms with Crippen molar-refractivity contribution in [3.8, 4) is 0 Å². The van der Waals surface area contributed by atoms with Gasteiger partial charge in [0.2, 0.25) is 0 Å². The quantitative estimate of drug-likeness (QED) is 0.753. The van der Waals surface area contributed by atoms with Gasteiger partial charge in [-0.05, 0) is 72.2 Å². The highest BCUT2D eigenvalue weighted by atomic mass is 127. The summed E-state index contributed by atoms with van der Waals surface area (Å²) in [5.74, 6) is 0.553. The Labute approximate surface area is 144 Å². The van der Waals surface area contributed by atoms with Gasteiger partial charge in [-0.15, -0.1) is 0 Å². The van der Waals surface area contributed by atoms with Crippen LogP contribution in [0.2, 0.25) is 5.02 Å². The maximum absolute atomic E-state index is 6.20. The Balaban J connectivity index is 1.84. The highest BCUT2D eigenvalue weighted by molar-refractivity contribution is 14.1. The standard InChI is InChI=1S/C16H21ClINO2/c1-19-15(13-8-12(17)2-3-14(13)18)11-4-6-21-16(9-11)5-7-20-10-16/h2-3,8,11,15,19H,4-7,9-10H2,1H3. The summed E-state index contributed by atoms with van der Waals surface area (Å²) in [5, 5.41) is 4.31. The lowest BCUT2D eigenvalue weighted by atomic mass is 9.79. The first-order valence-corrected chi connectivity index (χ1v) is 8.93. The van der Waals surface area contributed by atoms with E-state index < -0.39 is 0 Å². The monoisotopic (exact) mass is 421 g/mol. The van der Waals surface area contributed by atoms with Crippen molar-refractivity contribution in [3.05, 3.63) is 32.4 Å². The zero-order chi connectivity index (χ0) is 14.9. The molecule has 0 aromatic heterocycles. The number of ether oxygens (including phenoxy) is 2. The van der Waals surface area contributed by atoms with Gasteiger partial charge < -0.3 is 14.8 Å². The second-order valence-electron chi connectivity index (χ2n) is 6.02. The molecule has 3 nitrogen and oxygen atoms in total. The average molecular weight is 422 g/mol. The predicted molar refractivity (Wildman–Crippen MR) is 92.8 cm³/mol. The molecule has 1 N–H and O–H groups in total. The Kier molecular flexibility index (Phi) is 5.11. The van der Waals surface area contributed by atoms with Crippen molar-refractivity contribution in [2.24, 2.45) is 5.92 Å². The topological polar surface area (TPSA) is 30.5 Å². The number of hydrogen-bond acceptors (Lipinski definition) is 3. The molecule has 3 atom stereocenters. The maximum Gasteiger partial charge on any atom is 0.0940 e. The molecule has 1 aromatic carbocycles. The molecule has 2 aliphatic heterocycles. The summed E-state index contributed by atoms with van der Waals surface area (Å²) in [7, 11) is 2.04. The second-order valence-corrected chi connectivity index (χ2v) is 7.62. The molecular weight excluding hydrogens is 401 g/mol. The van der Waals surface area contributed by atoms with Gasteiger partial charge in [0, 0.05) is 34.3 Å². The molecule has 1 spiro atoms. The van der Waals surface area contributed by atoms with E-state index in [1.807, 2.05) is 13.1 Å². The van der Waals surface area contributed by atoms with Crippen molar-refractivity contribution in [1.82, 2.24) is 5.32 Å². The third-order valence-electron chi connectivity index (χ3n) is 4.67. The summed E-state index contributed by atoms with van der Waals surface area (Å²) >= 11 is 8.60. The number of hydrogen-bond donors (Lipinski definition) is 1. The second kappa shape index (κ2) is 6.71. The summed E-state index contributed by atoms with van der Waals surface area (Å²) in [6.07, 6.45) is 3.16. The van der Waals surface area contributed by atoms with Gasteiger partial charge in [0.15, 0.2) is 0 Å². The third kappa shape index (κ3) is 3.39. The number of nitrogens with one attached hydrogen (secondary N) is 1. The summed E-state index contributed by atoms with van der Waals surface area (Å²) in [5.41, 5.74) is 1.24. The summed E-state index contributed by atoms with van der Waals surface area (Å²) in [6.45, 7) is 2.39. The molecule has 3 unspecified atom stereocenters. The average Bonchev–Trinajstić information content (AvgIpc) is 2.91. The van der Waals surface area contributed by atoms with E-state index in [4.69, 9.17) is 21.1 Å². The van der Waals surface area contributed by atoms with E-state index >= 15 is 0 Å². The van der Waals surface area contributed by atoms with E-state index in [9.17, 15) is 0 Å². The van der Waals surface area contributed by atoms with Crippen molar-refractivity contribution in [2.75, 3.05) is 26.9 Å². The van der Waals surface area contributed by atoms with Crippen molar-refractivity contribution in [3.63, 3.8) is 0 Å². The van der Waals surface area contributed by atoms with Gasteiger partial charge in [0.25, 0.3) is 0 Å². The Bertz CT molecular complexity index is 505. The Morgan fingerprint density at radius 3 is 3.00 bits per heavy atom. The largest absolute Gasteiger partial charge is 0.378 e. The fourth-order valence-corrected chi connectivity index (χ4v) is 4.46. The predicted octanol–water partition coefficient (Wildman–Crippen LogP) is 3.79. The van der Waals surface area contributed by atoms with Gasteiger partial charge in [-0.1, -0.05) is 11.6 Å². The number of rotatable bonds is 3. The Morgan fingerprint density at radius 2 is 2.29 bits per heavy atom. The SMILES string of the molecule is CNC(c1cc(Cl)ccc1I)C1CCOC2(CCOC2)C1. The van der Waals surface area contributed by atoms with Crippen molar-refractivity contribution in [1.29, 1.82) is 0 Å².